The second-order valence-electron chi connectivity index (χ2n) is 7.53. The van der Waals surface area contributed by atoms with Crippen LogP contribution in [0.15, 0.2) is 33.7 Å². The molecule has 2 heterocycles. The van der Waals surface area contributed by atoms with Crippen LogP contribution in [0.5, 0.6) is 0 Å². The maximum Gasteiger partial charge on any atom is 0.243 e. The lowest BCUT2D eigenvalue weighted by atomic mass is 10.0. The Hall–Kier alpha value is -1.90. The Balaban J connectivity index is 1.57. The molecule has 0 atom stereocenters. The third kappa shape index (κ3) is 4.82. The quantitative estimate of drug-likeness (QED) is 0.689. The first-order valence-electron chi connectivity index (χ1n) is 9.68. The van der Waals surface area contributed by atoms with Gasteiger partial charge in [-0.3, -0.25) is 4.79 Å². The van der Waals surface area contributed by atoms with E-state index in [9.17, 15) is 13.2 Å². The van der Waals surface area contributed by atoms with E-state index >= 15 is 0 Å². The average molecular weight is 440 g/mol. The molecular weight excluding hydrogens is 414 g/mol. The molecule has 1 amide bonds. The molecule has 2 aromatic rings. The van der Waals surface area contributed by atoms with Crippen LogP contribution in [0.25, 0.3) is 0 Å². The highest BCUT2D eigenvalue weighted by atomic mass is 35.5. The minimum Gasteiger partial charge on any atom is -0.344 e. The summed E-state index contributed by atoms with van der Waals surface area (Å²) in [5.41, 5.74) is 2.52. The summed E-state index contributed by atoms with van der Waals surface area (Å²) < 4.78 is 32.1. The summed E-state index contributed by atoms with van der Waals surface area (Å²) >= 11 is 5.94. The number of amides is 1. The first-order chi connectivity index (χ1) is 13.7. The third-order valence-corrected chi connectivity index (χ3v) is 7.51. The van der Waals surface area contributed by atoms with Crippen LogP contribution in [0.1, 0.15) is 43.0 Å². The first kappa shape index (κ1) is 21.8. The van der Waals surface area contributed by atoms with Crippen LogP contribution >= 0.6 is 11.6 Å². The van der Waals surface area contributed by atoms with E-state index in [0.29, 0.717) is 36.0 Å². The van der Waals surface area contributed by atoms with Crippen molar-refractivity contribution in [3.63, 3.8) is 0 Å². The summed E-state index contributed by atoms with van der Waals surface area (Å²) in [5, 5.41) is 4.00. The molecule has 158 valence electrons. The van der Waals surface area contributed by atoms with Crippen LogP contribution in [0.3, 0.4) is 0 Å². The number of piperazine rings is 1. The number of hydrogen-bond acceptors (Lipinski definition) is 5. The van der Waals surface area contributed by atoms with E-state index in [1.165, 1.54) is 4.31 Å². The van der Waals surface area contributed by atoms with Crippen LogP contribution < -0.4 is 0 Å². The van der Waals surface area contributed by atoms with Crippen LogP contribution in [-0.2, 0) is 21.2 Å². The maximum absolute atomic E-state index is 12.9. The summed E-state index contributed by atoms with van der Waals surface area (Å²) in [6.45, 7) is 7.24. The largest absolute Gasteiger partial charge is 0.344 e. The molecule has 0 unspecified atom stereocenters. The Bertz CT molecular complexity index is 943. The summed E-state index contributed by atoms with van der Waals surface area (Å²) in [4.78, 5) is 14.5. The van der Waals surface area contributed by atoms with Crippen LogP contribution in [0, 0.1) is 6.92 Å². The van der Waals surface area contributed by atoms with E-state index < -0.39 is 10.0 Å². The number of hydrogen-bond donors (Lipinski definition) is 0. The van der Waals surface area contributed by atoms with Gasteiger partial charge >= 0.3 is 0 Å². The molecule has 0 radical (unpaired) electrons. The molecule has 1 aliphatic heterocycles. The number of aromatic nitrogens is 1. The van der Waals surface area contributed by atoms with Gasteiger partial charge in [-0.25, -0.2) is 8.42 Å². The van der Waals surface area contributed by atoms with Gasteiger partial charge in [-0.15, -0.1) is 0 Å². The topological polar surface area (TPSA) is 83.7 Å². The van der Waals surface area contributed by atoms with E-state index in [4.69, 9.17) is 16.1 Å². The second-order valence-corrected chi connectivity index (χ2v) is 9.81. The zero-order valence-electron chi connectivity index (χ0n) is 16.9. The normalized spacial score (nSPS) is 15.8. The molecule has 0 bridgehead atoms. The van der Waals surface area contributed by atoms with Crippen molar-refractivity contribution in [3.8, 4) is 0 Å². The monoisotopic (exact) mass is 439 g/mol. The number of nitrogens with zero attached hydrogens (tertiary/aromatic N) is 3. The molecule has 7 nitrogen and oxygen atoms in total. The molecular formula is C20H26ClN3O4S. The Morgan fingerprint density at radius 3 is 2.31 bits per heavy atom. The molecule has 3 rings (SSSR count). The lowest BCUT2D eigenvalue weighted by Crippen LogP contribution is -2.50. The van der Waals surface area contributed by atoms with E-state index in [1.54, 1.807) is 24.0 Å². The second kappa shape index (κ2) is 8.85. The maximum atomic E-state index is 12.9. The standard InChI is InChI=1S/C20H26ClN3O4S/c1-14(2)16-4-6-17(7-5-16)29(26,27)24-12-10-23(11-13-24)19(25)9-8-18-15(3)22-28-20(18)21/h4-7,14H,8-13H2,1-3H3. The van der Waals surface area contributed by atoms with E-state index in [-0.39, 0.29) is 30.6 Å². The van der Waals surface area contributed by atoms with Gasteiger partial charge in [0.05, 0.1) is 10.6 Å². The van der Waals surface area contributed by atoms with Gasteiger partial charge in [0.1, 0.15) is 0 Å². The minimum absolute atomic E-state index is 0.0278. The van der Waals surface area contributed by atoms with Gasteiger partial charge in [-0.2, -0.15) is 4.31 Å². The highest BCUT2D eigenvalue weighted by Crippen LogP contribution is 2.23. The zero-order chi connectivity index (χ0) is 21.2. The van der Waals surface area contributed by atoms with E-state index in [1.807, 2.05) is 12.1 Å². The van der Waals surface area contributed by atoms with Crippen molar-refractivity contribution in [1.82, 2.24) is 14.4 Å². The Morgan fingerprint density at radius 1 is 1.17 bits per heavy atom. The van der Waals surface area contributed by atoms with Gasteiger partial charge in [-0.05, 0) is 48.6 Å². The predicted molar refractivity (Wildman–Crippen MR) is 110 cm³/mol. The van der Waals surface area contributed by atoms with E-state index in [2.05, 4.69) is 19.0 Å². The number of rotatable bonds is 6. The van der Waals surface area contributed by atoms with Crippen molar-refractivity contribution in [1.29, 1.82) is 0 Å². The molecule has 1 saturated heterocycles. The summed E-state index contributed by atoms with van der Waals surface area (Å²) in [6.07, 6.45) is 0.735. The highest BCUT2D eigenvalue weighted by molar-refractivity contribution is 7.89. The molecule has 0 saturated carbocycles. The number of carbonyl (C=O) groups excluding carboxylic acids is 1. The van der Waals surface area contributed by atoms with Gasteiger partial charge in [-0.1, -0.05) is 31.1 Å². The molecule has 0 N–H and O–H groups in total. The summed E-state index contributed by atoms with van der Waals surface area (Å²) in [6, 6.07) is 7.03. The molecule has 1 aromatic heterocycles. The van der Waals surface area contributed by atoms with Crippen molar-refractivity contribution in [2.75, 3.05) is 26.2 Å². The van der Waals surface area contributed by atoms with Gasteiger partial charge in [0.15, 0.2) is 0 Å². The van der Waals surface area contributed by atoms with Crippen LogP contribution in [-0.4, -0.2) is 54.9 Å². The fraction of sp³-hybridized carbons (Fsp3) is 0.500. The molecule has 29 heavy (non-hydrogen) atoms. The lowest BCUT2D eigenvalue weighted by Gasteiger charge is -2.34. The Kier molecular flexibility index (Phi) is 6.65. The van der Waals surface area contributed by atoms with Crippen LogP contribution in [0.4, 0.5) is 0 Å². The molecule has 1 aromatic carbocycles. The van der Waals surface area contributed by atoms with Crippen molar-refractivity contribution < 1.29 is 17.7 Å². The lowest BCUT2D eigenvalue weighted by molar-refractivity contribution is -0.132. The zero-order valence-corrected chi connectivity index (χ0v) is 18.5. The SMILES string of the molecule is Cc1noc(Cl)c1CCC(=O)N1CCN(S(=O)(=O)c2ccc(C(C)C)cc2)CC1. The van der Waals surface area contributed by atoms with Gasteiger partial charge in [0.2, 0.25) is 21.1 Å². The first-order valence-corrected chi connectivity index (χ1v) is 11.5. The molecule has 1 fully saturated rings. The smallest absolute Gasteiger partial charge is 0.243 e. The van der Waals surface area contributed by atoms with Gasteiger partial charge < -0.3 is 9.42 Å². The third-order valence-electron chi connectivity index (χ3n) is 5.30. The number of aryl methyl sites for hydroxylation is 1. The Morgan fingerprint density at radius 2 is 1.79 bits per heavy atom. The number of carbonyl (C=O) groups is 1. The molecule has 0 aliphatic carbocycles. The number of halogens is 1. The number of sulfonamides is 1. The fourth-order valence-electron chi connectivity index (χ4n) is 3.38. The minimum atomic E-state index is -3.56. The van der Waals surface area contributed by atoms with Gasteiger partial charge in [0, 0.05) is 38.2 Å². The number of benzene rings is 1. The van der Waals surface area contributed by atoms with Crippen molar-refractivity contribution in [2.24, 2.45) is 0 Å². The molecule has 0 spiro atoms. The van der Waals surface area contributed by atoms with Crippen LogP contribution in [0.2, 0.25) is 5.22 Å². The van der Waals surface area contributed by atoms with Crippen molar-refractivity contribution >= 4 is 27.5 Å². The van der Waals surface area contributed by atoms with Crippen molar-refractivity contribution in [3.05, 3.63) is 46.3 Å². The van der Waals surface area contributed by atoms with Crippen molar-refractivity contribution in [2.45, 2.75) is 44.4 Å². The van der Waals surface area contributed by atoms with E-state index in [0.717, 1.165) is 11.1 Å². The molecule has 1 aliphatic rings. The predicted octanol–water partition coefficient (Wildman–Crippen LogP) is 3.23. The Labute approximate surface area is 176 Å². The highest BCUT2D eigenvalue weighted by Gasteiger charge is 2.30. The summed E-state index contributed by atoms with van der Waals surface area (Å²) in [7, 11) is -3.56. The molecule has 9 heteroatoms. The average Bonchev–Trinajstić information content (AvgIpc) is 3.03. The fourth-order valence-corrected chi connectivity index (χ4v) is 5.07. The van der Waals surface area contributed by atoms with Gasteiger partial charge in [0.25, 0.3) is 0 Å². The summed E-state index contributed by atoms with van der Waals surface area (Å²) in [5.74, 6) is 0.317.